The highest BCUT2D eigenvalue weighted by Crippen LogP contribution is 2.38. The number of halogens is 3. The summed E-state index contributed by atoms with van der Waals surface area (Å²) in [5, 5.41) is 0.457. The summed E-state index contributed by atoms with van der Waals surface area (Å²) in [4.78, 5) is 26.9. The van der Waals surface area contributed by atoms with Gasteiger partial charge in [-0.05, 0) is 83.6 Å². The molecule has 0 bridgehead atoms. The van der Waals surface area contributed by atoms with Gasteiger partial charge >= 0.3 is 0 Å². The minimum Gasteiger partial charge on any atom is -0.490 e. The molecule has 1 aliphatic rings. The van der Waals surface area contributed by atoms with E-state index in [4.69, 9.17) is 32.7 Å². The SMILES string of the molecule is CCCOc1c(I)cc(/C=C2\SC(=O)N(Cc3c(Cl)cccc3Cl)C2=O)cc1OCC. The number of hydrogen-bond acceptors (Lipinski definition) is 5. The number of rotatable bonds is 8. The van der Waals surface area contributed by atoms with Gasteiger partial charge in [0.1, 0.15) is 0 Å². The van der Waals surface area contributed by atoms with E-state index < -0.39 is 0 Å². The van der Waals surface area contributed by atoms with Crippen molar-refractivity contribution < 1.29 is 19.1 Å². The molecule has 9 heteroatoms. The second-order valence-electron chi connectivity index (χ2n) is 6.58. The van der Waals surface area contributed by atoms with Gasteiger partial charge in [0, 0.05) is 15.6 Å². The van der Waals surface area contributed by atoms with E-state index in [1.54, 1.807) is 24.3 Å². The van der Waals surface area contributed by atoms with Crippen LogP contribution in [0.3, 0.4) is 0 Å². The van der Waals surface area contributed by atoms with Gasteiger partial charge in [-0.3, -0.25) is 14.5 Å². The van der Waals surface area contributed by atoms with Crippen LogP contribution in [0.4, 0.5) is 4.79 Å². The fourth-order valence-electron chi connectivity index (χ4n) is 2.91. The predicted octanol–water partition coefficient (Wildman–Crippen LogP) is 7.02. The van der Waals surface area contributed by atoms with Gasteiger partial charge in [0.25, 0.3) is 11.1 Å². The monoisotopic (exact) mass is 591 g/mol. The lowest BCUT2D eigenvalue weighted by Gasteiger charge is -2.15. The third kappa shape index (κ3) is 5.69. The predicted molar refractivity (Wildman–Crippen MR) is 134 cm³/mol. The summed E-state index contributed by atoms with van der Waals surface area (Å²) in [6.45, 7) is 5.02. The summed E-state index contributed by atoms with van der Waals surface area (Å²) < 4.78 is 12.4. The van der Waals surface area contributed by atoms with E-state index in [2.05, 4.69) is 22.6 Å². The first kappa shape index (κ1) is 24.2. The Balaban J connectivity index is 1.88. The van der Waals surface area contributed by atoms with E-state index in [1.807, 2.05) is 26.0 Å². The van der Waals surface area contributed by atoms with Gasteiger partial charge in [0.15, 0.2) is 11.5 Å². The largest absolute Gasteiger partial charge is 0.490 e. The molecule has 3 rings (SSSR count). The first-order valence-electron chi connectivity index (χ1n) is 9.63. The number of carbonyl (C=O) groups is 2. The molecule has 0 saturated carbocycles. The number of nitrogens with zero attached hydrogens (tertiary/aromatic N) is 1. The maximum atomic E-state index is 12.9. The second kappa shape index (κ2) is 10.9. The van der Waals surface area contributed by atoms with Crippen molar-refractivity contribution >= 4 is 74.8 Å². The molecule has 0 unspecified atom stereocenters. The van der Waals surface area contributed by atoms with Crippen LogP contribution in [0.25, 0.3) is 6.08 Å². The number of hydrogen-bond donors (Lipinski definition) is 0. The van der Waals surface area contributed by atoms with E-state index in [1.165, 1.54) is 0 Å². The molecule has 0 radical (unpaired) electrons. The number of ether oxygens (including phenoxy) is 2. The molecule has 5 nitrogen and oxygen atoms in total. The lowest BCUT2D eigenvalue weighted by molar-refractivity contribution is -0.123. The molecule has 0 spiro atoms. The summed E-state index contributed by atoms with van der Waals surface area (Å²) in [6.07, 6.45) is 2.57. The summed E-state index contributed by atoms with van der Waals surface area (Å²) >= 11 is 15.5. The Morgan fingerprint density at radius 2 is 1.84 bits per heavy atom. The van der Waals surface area contributed by atoms with Crippen molar-refractivity contribution in [3.63, 3.8) is 0 Å². The molecule has 0 atom stereocenters. The summed E-state index contributed by atoms with van der Waals surface area (Å²) in [6, 6.07) is 8.78. The molecular weight excluding hydrogens is 572 g/mol. The van der Waals surface area contributed by atoms with Gasteiger partial charge in [-0.1, -0.05) is 36.2 Å². The minimum absolute atomic E-state index is 0.0199. The molecule has 0 aliphatic carbocycles. The summed E-state index contributed by atoms with van der Waals surface area (Å²) in [5.74, 6) is 0.907. The maximum Gasteiger partial charge on any atom is 0.293 e. The van der Waals surface area contributed by atoms with Crippen LogP contribution >= 0.6 is 57.6 Å². The van der Waals surface area contributed by atoms with E-state index in [0.717, 1.165) is 32.2 Å². The van der Waals surface area contributed by atoms with Gasteiger partial charge in [-0.2, -0.15) is 0 Å². The van der Waals surface area contributed by atoms with E-state index in [0.29, 0.717) is 45.2 Å². The zero-order valence-corrected chi connectivity index (χ0v) is 21.4. The Kier molecular flexibility index (Phi) is 8.55. The van der Waals surface area contributed by atoms with Gasteiger partial charge in [0.2, 0.25) is 0 Å². The van der Waals surface area contributed by atoms with Crippen molar-refractivity contribution in [2.45, 2.75) is 26.8 Å². The molecule has 164 valence electrons. The summed E-state index contributed by atoms with van der Waals surface area (Å²) in [5.41, 5.74) is 1.29. The first-order valence-corrected chi connectivity index (χ1v) is 12.3. The molecule has 1 heterocycles. The minimum atomic E-state index is -0.384. The quantitative estimate of drug-likeness (QED) is 0.244. The highest BCUT2D eigenvalue weighted by Gasteiger charge is 2.35. The van der Waals surface area contributed by atoms with Crippen LogP contribution in [0, 0.1) is 3.57 Å². The second-order valence-corrected chi connectivity index (χ2v) is 9.55. The molecule has 0 aromatic heterocycles. The van der Waals surface area contributed by atoms with Gasteiger partial charge < -0.3 is 9.47 Å². The van der Waals surface area contributed by atoms with Crippen LogP contribution in [0.1, 0.15) is 31.4 Å². The van der Waals surface area contributed by atoms with Crippen LogP contribution < -0.4 is 9.47 Å². The van der Waals surface area contributed by atoms with E-state index in [9.17, 15) is 9.59 Å². The van der Waals surface area contributed by atoms with Crippen LogP contribution in [0.5, 0.6) is 11.5 Å². The molecule has 31 heavy (non-hydrogen) atoms. The smallest absolute Gasteiger partial charge is 0.293 e. The van der Waals surface area contributed by atoms with E-state index >= 15 is 0 Å². The average molecular weight is 592 g/mol. The fraction of sp³-hybridized carbons (Fsp3) is 0.273. The fourth-order valence-corrected chi connectivity index (χ4v) is 5.04. The lowest BCUT2D eigenvalue weighted by Crippen LogP contribution is -2.27. The van der Waals surface area contributed by atoms with Crippen LogP contribution in [0.15, 0.2) is 35.2 Å². The normalized spacial score (nSPS) is 15.1. The lowest BCUT2D eigenvalue weighted by atomic mass is 10.1. The zero-order chi connectivity index (χ0) is 22.5. The number of thioether (sulfide) groups is 1. The molecule has 2 aromatic carbocycles. The molecule has 1 fully saturated rings. The number of amides is 2. The van der Waals surface area contributed by atoms with Crippen LogP contribution in [0.2, 0.25) is 10.0 Å². The number of carbonyl (C=O) groups excluding carboxylic acids is 2. The number of imide groups is 1. The zero-order valence-electron chi connectivity index (χ0n) is 16.9. The average Bonchev–Trinajstić information content (AvgIpc) is 2.97. The Hall–Kier alpha value is -1.42. The number of benzene rings is 2. The van der Waals surface area contributed by atoms with E-state index in [-0.39, 0.29) is 17.7 Å². The molecular formula is C22H20Cl2INO4S. The van der Waals surface area contributed by atoms with Gasteiger partial charge in [-0.25, -0.2) is 0 Å². The Morgan fingerprint density at radius 3 is 2.48 bits per heavy atom. The molecule has 1 aliphatic heterocycles. The molecule has 0 N–H and O–H groups in total. The molecule has 2 aromatic rings. The standard InChI is InChI=1S/C22H20Cl2INO4S/c1-3-8-30-20-17(25)9-13(10-18(20)29-4-2)11-19-21(27)26(22(28)31-19)12-14-15(23)6-5-7-16(14)24/h5-7,9-11H,3-4,8,12H2,1-2H3/b19-11-. The highest BCUT2D eigenvalue weighted by molar-refractivity contribution is 14.1. The van der Waals surface area contributed by atoms with Crippen LogP contribution in [-0.4, -0.2) is 29.3 Å². The Labute approximate surface area is 209 Å². The van der Waals surface area contributed by atoms with Crippen LogP contribution in [-0.2, 0) is 11.3 Å². The van der Waals surface area contributed by atoms with Gasteiger partial charge in [0.05, 0.1) is 28.2 Å². The Bertz CT molecular complexity index is 1020. The van der Waals surface area contributed by atoms with Crippen molar-refractivity contribution in [2.75, 3.05) is 13.2 Å². The third-order valence-electron chi connectivity index (χ3n) is 4.33. The molecule has 2 amide bonds. The topological polar surface area (TPSA) is 55.8 Å². The van der Waals surface area contributed by atoms with Crippen molar-refractivity contribution in [2.24, 2.45) is 0 Å². The third-order valence-corrected chi connectivity index (χ3v) is 6.75. The van der Waals surface area contributed by atoms with Crippen molar-refractivity contribution in [3.8, 4) is 11.5 Å². The van der Waals surface area contributed by atoms with Crippen molar-refractivity contribution in [1.29, 1.82) is 0 Å². The Morgan fingerprint density at radius 1 is 1.13 bits per heavy atom. The first-order chi connectivity index (χ1) is 14.8. The van der Waals surface area contributed by atoms with Crippen molar-refractivity contribution in [3.05, 3.63) is 60.0 Å². The van der Waals surface area contributed by atoms with Gasteiger partial charge in [-0.15, -0.1) is 0 Å². The summed E-state index contributed by atoms with van der Waals surface area (Å²) in [7, 11) is 0. The maximum absolute atomic E-state index is 12.9. The molecule has 1 saturated heterocycles. The highest BCUT2D eigenvalue weighted by atomic mass is 127. The van der Waals surface area contributed by atoms with Crippen molar-refractivity contribution in [1.82, 2.24) is 4.90 Å².